The maximum atomic E-state index is 11.9. The first kappa shape index (κ1) is 17.3. The lowest BCUT2D eigenvalue weighted by Gasteiger charge is -2.04. The minimum Gasteiger partial charge on any atom is -0.466 e. The van der Waals surface area contributed by atoms with Crippen molar-refractivity contribution in [3.63, 3.8) is 0 Å². The van der Waals surface area contributed by atoms with Gasteiger partial charge in [-0.15, -0.1) is 4.83 Å². The number of halogens is 1. The molecule has 0 saturated heterocycles. The van der Waals surface area contributed by atoms with Crippen LogP contribution in [-0.2, 0) is 10.0 Å². The van der Waals surface area contributed by atoms with Gasteiger partial charge in [-0.2, -0.15) is 0 Å². The molecular formula is C15H15ClN2O4S. The van der Waals surface area contributed by atoms with E-state index in [-0.39, 0.29) is 5.56 Å². The fourth-order valence-corrected chi connectivity index (χ4v) is 2.58. The molecule has 1 heterocycles. The number of hydrogen-bond acceptors (Lipinski definition) is 4. The highest BCUT2D eigenvalue weighted by Gasteiger charge is 2.15. The molecule has 1 aromatic carbocycles. The van der Waals surface area contributed by atoms with Crippen molar-refractivity contribution < 1.29 is 17.6 Å². The number of sulfonamides is 1. The summed E-state index contributed by atoms with van der Waals surface area (Å²) in [6, 6.07) is 8.16. The molecule has 23 heavy (non-hydrogen) atoms. The van der Waals surface area contributed by atoms with Crippen LogP contribution in [0.1, 0.15) is 27.4 Å². The van der Waals surface area contributed by atoms with Crippen LogP contribution in [0.3, 0.4) is 0 Å². The SMILES string of the molecule is Cc1cc(C(=O)NNS(=O)(=O)/C=C/c2ccc(Cl)cc2)c(C)o1. The molecule has 1 aromatic heterocycles. The summed E-state index contributed by atoms with van der Waals surface area (Å²) >= 11 is 5.75. The first-order valence-electron chi connectivity index (χ1n) is 6.60. The average Bonchev–Trinajstić information content (AvgIpc) is 2.83. The largest absolute Gasteiger partial charge is 0.466 e. The van der Waals surface area contributed by atoms with Crippen molar-refractivity contribution >= 4 is 33.6 Å². The first-order valence-corrected chi connectivity index (χ1v) is 8.52. The van der Waals surface area contributed by atoms with Gasteiger partial charge in [-0.3, -0.25) is 10.2 Å². The summed E-state index contributed by atoms with van der Waals surface area (Å²) in [5.74, 6) is 0.386. The van der Waals surface area contributed by atoms with E-state index >= 15 is 0 Å². The number of aryl methyl sites for hydroxylation is 2. The van der Waals surface area contributed by atoms with E-state index in [1.165, 1.54) is 12.1 Å². The fourth-order valence-electron chi connectivity index (χ4n) is 1.82. The summed E-state index contributed by atoms with van der Waals surface area (Å²) in [5, 5.41) is 1.51. The van der Waals surface area contributed by atoms with Crippen LogP contribution in [0, 0.1) is 13.8 Å². The molecule has 122 valence electrons. The minimum absolute atomic E-state index is 0.270. The van der Waals surface area contributed by atoms with Gasteiger partial charge in [0.1, 0.15) is 11.5 Å². The molecule has 0 aliphatic carbocycles. The van der Waals surface area contributed by atoms with Crippen molar-refractivity contribution in [3.05, 3.63) is 63.4 Å². The van der Waals surface area contributed by atoms with Crippen LogP contribution in [0.5, 0.6) is 0 Å². The van der Waals surface area contributed by atoms with Gasteiger partial charge in [-0.1, -0.05) is 23.7 Å². The van der Waals surface area contributed by atoms with Crippen LogP contribution < -0.4 is 10.3 Å². The summed E-state index contributed by atoms with van der Waals surface area (Å²) in [6.45, 7) is 3.32. The third kappa shape index (κ3) is 4.95. The number of hydrazine groups is 1. The maximum absolute atomic E-state index is 11.9. The molecule has 0 aliphatic rings. The van der Waals surface area contributed by atoms with E-state index in [1.807, 2.05) is 4.83 Å². The predicted molar refractivity (Wildman–Crippen MR) is 88.2 cm³/mol. The molecule has 0 radical (unpaired) electrons. The quantitative estimate of drug-likeness (QED) is 0.808. The molecule has 8 heteroatoms. The number of amides is 1. The Morgan fingerprint density at radius 2 is 1.87 bits per heavy atom. The third-order valence-corrected chi connectivity index (χ3v) is 4.04. The van der Waals surface area contributed by atoms with E-state index in [9.17, 15) is 13.2 Å². The second kappa shape index (κ2) is 6.99. The molecule has 0 saturated carbocycles. The Kier molecular flexibility index (Phi) is 5.25. The molecule has 2 aromatic rings. The Labute approximate surface area is 139 Å². The first-order chi connectivity index (χ1) is 10.8. The molecule has 2 rings (SSSR count). The number of carbonyl (C=O) groups excluding carboxylic acids is 1. The second-order valence-corrected chi connectivity index (χ2v) is 6.79. The van der Waals surface area contributed by atoms with Crippen molar-refractivity contribution in [3.8, 4) is 0 Å². The molecule has 6 nitrogen and oxygen atoms in total. The molecule has 0 atom stereocenters. The summed E-state index contributed by atoms with van der Waals surface area (Å²) < 4.78 is 28.9. The van der Waals surface area contributed by atoms with E-state index in [0.29, 0.717) is 22.1 Å². The van der Waals surface area contributed by atoms with Crippen molar-refractivity contribution in [1.82, 2.24) is 10.3 Å². The van der Waals surface area contributed by atoms with Crippen LogP contribution >= 0.6 is 11.6 Å². The third-order valence-electron chi connectivity index (χ3n) is 2.90. The Hall–Kier alpha value is -2.09. The second-order valence-electron chi connectivity index (χ2n) is 4.78. The van der Waals surface area contributed by atoms with Gasteiger partial charge in [-0.25, -0.2) is 8.42 Å². The highest BCUT2D eigenvalue weighted by atomic mass is 35.5. The van der Waals surface area contributed by atoms with Gasteiger partial charge >= 0.3 is 0 Å². The highest BCUT2D eigenvalue weighted by molar-refractivity contribution is 7.92. The van der Waals surface area contributed by atoms with Gasteiger partial charge in [0, 0.05) is 10.4 Å². The van der Waals surface area contributed by atoms with E-state index in [1.54, 1.807) is 38.1 Å². The molecule has 1 amide bonds. The summed E-state index contributed by atoms with van der Waals surface area (Å²) in [5.41, 5.74) is 3.06. The zero-order valence-electron chi connectivity index (χ0n) is 12.5. The lowest BCUT2D eigenvalue weighted by Crippen LogP contribution is -2.40. The predicted octanol–water partition coefficient (Wildman–Crippen LogP) is 2.78. The summed E-state index contributed by atoms with van der Waals surface area (Å²) in [7, 11) is -3.83. The summed E-state index contributed by atoms with van der Waals surface area (Å²) in [6.07, 6.45) is 1.39. The smallest absolute Gasteiger partial charge is 0.269 e. The molecule has 0 fully saturated rings. The zero-order valence-corrected chi connectivity index (χ0v) is 14.0. The van der Waals surface area contributed by atoms with Crippen molar-refractivity contribution in [2.24, 2.45) is 0 Å². The number of rotatable bonds is 5. The van der Waals surface area contributed by atoms with Gasteiger partial charge < -0.3 is 4.42 Å². The molecular weight excluding hydrogens is 340 g/mol. The van der Waals surface area contributed by atoms with Crippen molar-refractivity contribution in [1.29, 1.82) is 0 Å². The molecule has 0 spiro atoms. The number of furan rings is 1. The minimum atomic E-state index is -3.83. The van der Waals surface area contributed by atoms with Gasteiger partial charge in [0.15, 0.2) is 0 Å². The lowest BCUT2D eigenvalue weighted by atomic mass is 10.2. The Morgan fingerprint density at radius 1 is 1.22 bits per heavy atom. The average molecular weight is 355 g/mol. The Balaban J connectivity index is 2.00. The number of carbonyl (C=O) groups is 1. The van der Waals surface area contributed by atoms with Crippen molar-refractivity contribution in [2.75, 3.05) is 0 Å². The number of benzene rings is 1. The Bertz CT molecular complexity index is 839. The standard InChI is InChI=1S/C15H15ClN2O4S/c1-10-9-14(11(2)22-10)15(19)17-18-23(20,21)8-7-12-3-5-13(16)6-4-12/h3-9,18H,1-2H3,(H,17,19)/b8-7+. The van der Waals surface area contributed by atoms with E-state index in [0.717, 1.165) is 5.41 Å². The molecule has 0 aliphatic heterocycles. The molecule has 0 bridgehead atoms. The van der Waals surface area contributed by atoms with E-state index in [4.69, 9.17) is 16.0 Å². The molecule has 0 unspecified atom stereocenters. The molecule has 2 N–H and O–H groups in total. The zero-order chi connectivity index (χ0) is 17.0. The highest BCUT2D eigenvalue weighted by Crippen LogP contribution is 2.13. The lowest BCUT2D eigenvalue weighted by molar-refractivity contribution is 0.0944. The van der Waals surface area contributed by atoms with Crippen molar-refractivity contribution in [2.45, 2.75) is 13.8 Å². The van der Waals surface area contributed by atoms with E-state index < -0.39 is 15.9 Å². The summed E-state index contributed by atoms with van der Waals surface area (Å²) in [4.78, 5) is 13.9. The number of nitrogens with one attached hydrogen (secondary N) is 2. The van der Waals surface area contributed by atoms with Crippen LogP contribution in [0.25, 0.3) is 6.08 Å². The van der Waals surface area contributed by atoms with Crippen LogP contribution in [0.4, 0.5) is 0 Å². The van der Waals surface area contributed by atoms with Crippen LogP contribution in [-0.4, -0.2) is 14.3 Å². The maximum Gasteiger partial charge on any atom is 0.269 e. The van der Waals surface area contributed by atoms with E-state index in [2.05, 4.69) is 5.43 Å². The number of hydrogen-bond donors (Lipinski definition) is 2. The van der Waals surface area contributed by atoms with Gasteiger partial charge in [0.2, 0.25) is 0 Å². The fraction of sp³-hybridized carbons (Fsp3) is 0.133. The van der Waals surface area contributed by atoms with Gasteiger partial charge in [0.25, 0.3) is 15.9 Å². The monoisotopic (exact) mass is 354 g/mol. The van der Waals surface area contributed by atoms with Gasteiger partial charge in [0.05, 0.1) is 5.56 Å². The van der Waals surface area contributed by atoms with Crippen LogP contribution in [0.15, 0.2) is 40.2 Å². The normalized spacial score (nSPS) is 11.8. The van der Waals surface area contributed by atoms with Gasteiger partial charge in [-0.05, 0) is 43.7 Å². The Morgan fingerprint density at radius 3 is 2.43 bits per heavy atom. The van der Waals surface area contributed by atoms with Crippen LogP contribution in [0.2, 0.25) is 5.02 Å². The topological polar surface area (TPSA) is 88.4 Å².